The number of rotatable bonds is 7. The molecule has 0 aromatic heterocycles. The number of amides is 2. The van der Waals surface area contributed by atoms with Crippen molar-refractivity contribution >= 4 is 35.0 Å². The van der Waals surface area contributed by atoms with Gasteiger partial charge in [-0.25, -0.2) is 0 Å². The lowest BCUT2D eigenvalue weighted by atomic mass is 9.95. The number of nitrogens with zero attached hydrogens (tertiary/aromatic N) is 1. The van der Waals surface area contributed by atoms with Gasteiger partial charge in [0.05, 0.1) is 6.42 Å². The van der Waals surface area contributed by atoms with Crippen molar-refractivity contribution in [2.45, 2.75) is 64.1 Å². The number of hydrogen-bond donors (Lipinski definition) is 1. The Balaban J connectivity index is 1.76. The van der Waals surface area contributed by atoms with E-state index in [0.717, 1.165) is 36.8 Å². The Bertz CT molecular complexity index is 881. The summed E-state index contributed by atoms with van der Waals surface area (Å²) in [6.45, 7) is 2.11. The third-order valence-corrected chi connectivity index (χ3v) is 6.08. The Morgan fingerprint density at radius 1 is 1.00 bits per heavy atom. The first kappa shape index (κ1) is 22.6. The number of carbonyl (C=O) groups is 2. The minimum Gasteiger partial charge on any atom is -0.352 e. The molecule has 160 valence electrons. The molecule has 2 aromatic rings. The Kier molecular flexibility index (Phi) is 8.17. The molecule has 4 nitrogen and oxygen atoms in total. The molecule has 0 saturated heterocycles. The van der Waals surface area contributed by atoms with Gasteiger partial charge < -0.3 is 10.2 Å². The van der Waals surface area contributed by atoms with Crippen molar-refractivity contribution in [1.29, 1.82) is 0 Å². The van der Waals surface area contributed by atoms with Crippen LogP contribution in [-0.2, 0) is 22.6 Å². The van der Waals surface area contributed by atoms with Gasteiger partial charge in [-0.1, -0.05) is 66.7 Å². The molecule has 0 radical (unpaired) electrons. The normalized spacial score (nSPS) is 15.4. The Morgan fingerprint density at radius 3 is 2.23 bits per heavy atom. The van der Waals surface area contributed by atoms with Crippen molar-refractivity contribution in [1.82, 2.24) is 10.2 Å². The molecule has 1 fully saturated rings. The van der Waals surface area contributed by atoms with E-state index < -0.39 is 6.04 Å². The molecule has 2 aromatic carbocycles. The van der Waals surface area contributed by atoms with E-state index >= 15 is 0 Å². The average molecular weight is 447 g/mol. The summed E-state index contributed by atoms with van der Waals surface area (Å²) in [4.78, 5) is 27.8. The second kappa shape index (κ2) is 10.8. The first-order valence-corrected chi connectivity index (χ1v) is 11.3. The molecular weight excluding hydrogens is 419 g/mol. The monoisotopic (exact) mass is 446 g/mol. The largest absolute Gasteiger partial charge is 0.352 e. The van der Waals surface area contributed by atoms with E-state index in [1.54, 1.807) is 30.0 Å². The first-order chi connectivity index (χ1) is 14.4. The quantitative estimate of drug-likeness (QED) is 0.618. The number of hydrogen-bond acceptors (Lipinski definition) is 2. The molecule has 0 aliphatic heterocycles. The summed E-state index contributed by atoms with van der Waals surface area (Å²) >= 11 is 12.2. The molecule has 0 unspecified atom stereocenters. The van der Waals surface area contributed by atoms with Crippen molar-refractivity contribution < 1.29 is 9.59 Å². The zero-order chi connectivity index (χ0) is 21.5. The van der Waals surface area contributed by atoms with Crippen LogP contribution >= 0.6 is 23.2 Å². The van der Waals surface area contributed by atoms with Gasteiger partial charge in [-0.2, -0.15) is 0 Å². The van der Waals surface area contributed by atoms with Crippen LogP contribution in [0.4, 0.5) is 0 Å². The fraction of sp³-hybridized carbons (Fsp3) is 0.417. The molecule has 0 spiro atoms. The summed E-state index contributed by atoms with van der Waals surface area (Å²) < 4.78 is 0. The van der Waals surface area contributed by atoms with Crippen LogP contribution in [0.1, 0.15) is 50.2 Å². The zero-order valence-corrected chi connectivity index (χ0v) is 18.8. The van der Waals surface area contributed by atoms with Gasteiger partial charge in [0, 0.05) is 22.6 Å². The number of halogens is 2. The van der Waals surface area contributed by atoms with Crippen LogP contribution in [0.5, 0.6) is 0 Å². The highest BCUT2D eigenvalue weighted by Gasteiger charge is 2.28. The molecular formula is C24H28Cl2N2O2. The molecule has 1 N–H and O–H groups in total. The molecule has 30 heavy (non-hydrogen) atoms. The summed E-state index contributed by atoms with van der Waals surface area (Å²) in [6.07, 6.45) is 5.69. The molecule has 1 saturated carbocycles. The summed E-state index contributed by atoms with van der Waals surface area (Å²) in [5.74, 6) is -0.230. The summed E-state index contributed by atoms with van der Waals surface area (Å²) in [6, 6.07) is 14.3. The van der Waals surface area contributed by atoms with Crippen molar-refractivity contribution in [2.75, 3.05) is 0 Å². The highest BCUT2D eigenvalue weighted by molar-refractivity contribution is 6.30. The van der Waals surface area contributed by atoms with Crippen molar-refractivity contribution in [2.24, 2.45) is 0 Å². The molecule has 3 rings (SSSR count). The number of benzene rings is 2. The Labute approximate surface area is 188 Å². The zero-order valence-electron chi connectivity index (χ0n) is 17.2. The molecule has 1 aliphatic carbocycles. The van der Waals surface area contributed by atoms with Gasteiger partial charge in [-0.15, -0.1) is 0 Å². The van der Waals surface area contributed by atoms with Crippen molar-refractivity contribution in [3.05, 3.63) is 69.7 Å². The van der Waals surface area contributed by atoms with Crippen LogP contribution in [0.25, 0.3) is 0 Å². The second-order valence-corrected chi connectivity index (χ2v) is 8.85. The van der Waals surface area contributed by atoms with E-state index in [1.165, 1.54) is 6.42 Å². The van der Waals surface area contributed by atoms with Crippen LogP contribution in [0.3, 0.4) is 0 Å². The molecule has 1 atom stereocenters. The maximum atomic E-state index is 13.2. The van der Waals surface area contributed by atoms with E-state index in [2.05, 4.69) is 5.32 Å². The summed E-state index contributed by atoms with van der Waals surface area (Å²) in [5.41, 5.74) is 1.71. The van der Waals surface area contributed by atoms with Crippen LogP contribution in [0, 0.1) is 0 Å². The molecule has 2 amide bonds. The minimum absolute atomic E-state index is 0.108. The predicted molar refractivity (Wildman–Crippen MR) is 122 cm³/mol. The minimum atomic E-state index is -0.586. The molecule has 1 aliphatic rings. The lowest BCUT2D eigenvalue weighted by molar-refractivity contribution is -0.140. The van der Waals surface area contributed by atoms with Gasteiger partial charge in [0.15, 0.2) is 0 Å². The van der Waals surface area contributed by atoms with E-state index in [-0.39, 0.29) is 24.3 Å². The van der Waals surface area contributed by atoms with Gasteiger partial charge in [-0.3, -0.25) is 9.59 Å². The van der Waals surface area contributed by atoms with Crippen LogP contribution in [0.2, 0.25) is 10.0 Å². The van der Waals surface area contributed by atoms with Crippen LogP contribution < -0.4 is 5.32 Å². The third kappa shape index (κ3) is 6.48. The first-order valence-electron chi connectivity index (χ1n) is 10.5. The topological polar surface area (TPSA) is 49.4 Å². The SMILES string of the molecule is C[C@@H](C(=O)NC1CCCCC1)N(Cc1cccc(Cl)c1)C(=O)Cc1cccc(Cl)c1. The van der Waals surface area contributed by atoms with E-state index in [0.29, 0.717) is 16.6 Å². The van der Waals surface area contributed by atoms with Gasteiger partial charge in [0.2, 0.25) is 11.8 Å². The van der Waals surface area contributed by atoms with Gasteiger partial charge in [0.1, 0.15) is 6.04 Å². The average Bonchev–Trinajstić information content (AvgIpc) is 2.72. The number of nitrogens with one attached hydrogen (secondary N) is 1. The van der Waals surface area contributed by atoms with E-state index in [4.69, 9.17) is 23.2 Å². The number of carbonyl (C=O) groups excluding carboxylic acids is 2. The maximum absolute atomic E-state index is 13.2. The van der Waals surface area contributed by atoms with Gasteiger partial charge >= 0.3 is 0 Å². The Hall–Kier alpha value is -2.04. The van der Waals surface area contributed by atoms with E-state index in [9.17, 15) is 9.59 Å². The fourth-order valence-corrected chi connectivity index (χ4v) is 4.33. The standard InChI is InChI=1S/C24H28Cl2N2O2/c1-17(24(30)27-22-11-3-2-4-12-22)28(16-19-8-6-10-21(26)14-19)23(29)15-18-7-5-9-20(25)13-18/h5-10,13-14,17,22H,2-4,11-12,15-16H2,1H3,(H,27,30)/t17-/m0/s1. The Morgan fingerprint density at radius 2 is 1.60 bits per heavy atom. The highest BCUT2D eigenvalue weighted by atomic mass is 35.5. The molecule has 6 heteroatoms. The molecule has 0 heterocycles. The van der Waals surface area contributed by atoms with Gasteiger partial charge in [-0.05, 0) is 55.2 Å². The molecule has 0 bridgehead atoms. The fourth-order valence-electron chi connectivity index (χ4n) is 3.91. The second-order valence-electron chi connectivity index (χ2n) is 7.98. The maximum Gasteiger partial charge on any atom is 0.242 e. The lowest BCUT2D eigenvalue weighted by Crippen LogP contribution is -2.50. The third-order valence-electron chi connectivity index (χ3n) is 5.61. The van der Waals surface area contributed by atoms with Crippen LogP contribution in [0.15, 0.2) is 48.5 Å². The van der Waals surface area contributed by atoms with Crippen LogP contribution in [-0.4, -0.2) is 28.8 Å². The summed E-state index contributed by atoms with van der Waals surface area (Å²) in [7, 11) is 0. The summed E-state index contributed by atoms with van der Waals surface area (Å²) in [5, 5.41) is 4.34. The lowest BCUT2D eigenvalue weighted by Gasteiger charge is -2.31. The van der Waals surface area contributed by atoms with Gasteiger partial charge in [0.25, 0.3) is 0 Å². The van der Waals surface area contributed by atoms with Crippen molar-refractivity contribution in [3.8, 4) is 0 Å². The predicted octanol–water partition coefficient (Wildman–Crippen LogP) is 5.40. The van der Waals surface area contributed by atoms with Crippen molar-refractivity contribution in [3.63, 3.8) is 0 Å². The smallest absolute Gasteiger partial charge is 0.242 e. The highest BCUT2D eigenvalue weighted by Crippen LogP contribution is 2.20. The van der Waals surface area contributed by atoms with E-state index in [1.807, 2.05) is 30.3 Å².